The minimum absolute atomic E-state index is 0.637. The topological polar surface area (TPSA) is 6.48 Å². The van der Waals surface area contributed by atoms with Gasteiger partial charge >= 0.3 is 0 Å². The monoisotopic (exact) mass is 434 g/mol. The highest BCUT2D eigenvalue weighted by atomic mass is 15.4. The van der Waals surface area contributed by atoms with Crippen LogP contribution in [0.2, 0.25) is 0 Å². The van der Waals surface area contributed by atoms with Crippen LogP contribution in [0, 0.1) is 0 Å². The maximum absolute atomic E-state index is 2.63. The van der Waals surface area contributed by atoms with Gasteiger partial charge in [-0.25, -0.2) is 0 Å². The van der Waals surface area contributed by atoms with Crippen LogP contribution in [-0.2, 0) is 0 Å². The highest BCUT2D eigenvalue weighted by Crippen LogP contribution is 2.22. The number of unbranched alkanes of at least 4 members (excludes halogenated alkanes) is 17. The molecule has 184 valence electrons. The van der Waals surface area contributed by atoms with Gasteiger partial charge in [0, 0.05) is 25.5 Å². The summed E-state index contributed by atoms with van der Waals surface area (Å²) in [5.41, 5.74) is 0. The van der Waals surface area contributed by atoms with E-state index in [4.69, 9.17) is 0 Å². The van der Waals surface area contributed by atoms with Gasteiger partial charge in [0.25, 0.3) is 0 Å². The van der Waals surface area contributed by atoms with Crippen molar-refractivity contribution in [1.82, 2.24) is 9.80 Å². The molecule has 1 atom stereocenters. The van der Waals surface area contributed by atoms with Crippen LogP contribution in [0.15, 0.2) is 12.4 Å². The molecule has 0 N–H and O–H groups in total. The third-order valence-corrected chi connectivity index (χ3v) is 7.05. The third-order valence-electron chi connectivity index (χ3n) is 7.05. The van der Waals surface area contributed by atoms with Gasteiger partial charge in [0.05, 0.1) is 0 Å². The van der Waals surface area contributed by atoms with E-state index in [1.807, 2.05) is 0 Å². The van der Waals surface area contributed by atoms with Gasteiger partial charge < -0.3 is 9.80 Å². The molecule has 0 bridgehead atoms. The predicted octanol–water partition coefficient (Wildman–Crippen LogP) is 9.65. The fraction of sp³-hybridized carbons (Fsp3) is 0.931. The van der Waals surface area contributed by atoms with E-state index in [2.05, 4.69) is 43.0 Å². The fourth-order valence-electron chi connectivity index (χ4n) is 4.98. The van der Waals surface area contributed by atoms with Crippen LogP contribution in [0.1, 0.15) is 156 Å². The molecule has 0 aromatic rings. The highest BCUT2D eigenvalue weighted by Gasteiger charge is 2.24. The van der Waals surface area contributed by atoms with Gasteiger partial charge in [-0.1, -0.05) is 136 Å². The molecular weight excluding hydrogens is 376 g/mol. The van der Waals surface area contributed by atoms with Gasteiger partial charge in [-0.3, -0.25) is 0 Å². The van der Waals surface area contributed by atoms with Crippen LogP contribution in [0.4, 0.5) is 0 Å². The lowest BCUT2D eigenvalue weighted by Crippen LogP contribution is -2.39. The largest absolute Gasteiger partial charge is 0.356 e. The molecule has 0 aliphatic carbocycles. The highest BCUT2D eigenvalue weighted by molar-refractivity contribution is 4.96. The van der Waals surface area contributed by atoms with Gasteiger partial charge in [-0.2, -0.15) is 0 Å². The summed E-state index contributed by atoms with van der Waals surface area (Å²) >= 11 is 0. The van der Waals surface area contributed by atoms with Gasteiger partial charge in [-0.05, 0) is 19.3 Å². The van der Waals surface area contributed by atoms with Crippen molar-refractivity contribution in [2.75, 3.05) is 13.1 Å². The first-order valence-electron chi connectivity index (χ1n) is 14.5. The summed E-state index contributed by atoms with van der Waals surface area (Å²) in [5.74, 6) is 0. The van der Waals surface area contributed by atoms with E-state index in [9.17, 15) is 0 Å². The van der Waals surface area contributed by atoms with Crippen molar-refractivity contribution in [3.63, 3.8) is 0 Å². The summed E-state index contributed by atoms with van der Waals surface area (Å²) in [5, 5.41) is 0. The number of hydrogen-bond donors (Lipinski definition) is 0. The van der Waals surface area contributed by atoms with Crippen molar-refractivity contribution >= 4 is 0 Å². The zero-order valence-corrected chi connectivity index (χ0v) is 21.9. The molecule has 0 aromatic carbocycles. The molecule has 1 heterocycles. The summed E-state index contributed by atoms with van der Waals surface area (Å²) in [6.45, 7) is 9.44. The first kappa shape index (κ1) is 28.4. The summed E-state index contributed by atoms with van der Waals surface area (Å²) in [6.07, 6.45) is 35.2. The molecule has 0 saturated carbocycles. The molecule has 1 unspecified atom stereocenters. The Balaban J connectivity index is 1.94. The van der Waals surface area contributed by atoms with E-state index in [-0.39, 0.29) is 0 Å². The second-order valence-corrected chi connectivity index (χ2v) is 10.1. The normalized spacial score (nSPS) is 16.0. The Morgan fingerprint density at radius 1 is 0.419 bits per heavy atom. The van der Waals surface area contributed by atoms with Gasteiger partial charge in [0.2, 0.25) is 0 Å². The first-order valence-corrected chi connectivity index (χ1v) is 14.5. The molecule has 0 aromatic heterocycles. The maximum atomic E-state index is 2.63. The van der Waals surface area contributed by atoms with Crippen molar-refractivity contribution in [2.24, 2.45) is 0 Å². The second-order valence-electron chi connectivity index (χ2n) is 10.1. The quantitative estimate of drug-likeness (QED) is 0.148. The van der Waals surface area contributed by atoms with E-state index >= 15 is 0 Å². The Hall–Kier alpha value is -0.660. The minimum atomic E-state index is 0.637. The zero-order chi connectivity index (χ0) is 22.4. The Morgan fingerprint density at radius 3 is 1.10 bits per heavy atom. The Bertz CT molecular complexity index is 392. The minimum Gasteiger partial charge on any atom is -0.356 e. The molecule has 1 aliphatic heterocycles. The van der Waals surface area contributed by atoms with Crippen molar-refractivity contribution in [3.8, 4) is 0 Å². The lowest BCUT2D eigenvalue weighted by atomic mass is 10.0. The average molecular weight is 435 g/mol. The molecular formula is C29H58N2. The van der Waals surface area contributed by atoms with Crippen LogP contribution in [-0.4, -0.2) is 29.1 Å². The maximum Gasteiger partial charge on any atom is 0.101 e. The van der Waals surface area contributed by atoms with Gasteiger partial charge in [0.15, 0.2) is 0 Å². The van der Waals surface area contributed by atoms with Crippen LogP contribution in [0.3, 0.4) is 0 Å². The van der Waals surface area contributed by atoms with Crippen molar-refractivity contribution < 1.29 is 0 Å². The van der Waals surface area contributed by atoms with Crippen LogP contribution in [0.5, 0.6) is 0 Å². The smallest absolute Gasteiger partial charge is 0.101 e. The zero-order valence-electron chi connectivity index (χ0n) is 21.9. The SMILES string of the molecule is CCCCCCCCCCCCCCCCCN1C=CN(CCCCCC)C1CCC. The Morgan fingerprint density at radius 2 is 0.742 bits per heavy atom. The molecule has 31 heavy (non-hydrogen) atoms. The van der Waals surface area contributed by atoms with E-state index in [1.54, 1.807) is 0 Å². The van der Waals surface area contributed by atoms with Crippen LogP contribution >= 0.6 is 0 Å². The molecule has 1 aliphatic rings. The molecule has 2 nitrogen and oxygen atoms in total. The lowest BCUT2D eigenvalue weighted by Gasteiger charge is -2.33. The molecule has 0 amide bonds. The summed E-state index contributed by atoms with van der Waals surface area (Å²) < 4.78 is 0. The molecule has 0 spiro atoms. The molecule has 0 radical (unpaired) electrons. The average Bonchev–Trinajstić information content (AvgIpc) is 3.15. The lowest BCUT2D eigenvalue weighted by molar-refractivity contribution is 0.138. The second kappa shape index (κ2) is 21.2. The van der Waals surface area contributed by atoms with Gasteiger partial charge in [0.1, 0.15) is 6.17 Å². The van der Waals surface area contributed by atoms with Crippen LogP contribution < -0.4 is 0 Å². The van der Waals surface area contributed by atoms with Crippen molar-refractivity contribution in [3.05, 3.63) is 12.4 Å². The summed E-state index contributed by atoms with van der Waals surface area (Å²) in [6, 6.07) is 0. The van der Waals surface area contributed by atoms with E-state index < -0.39 is 0 Å². The summed E-state index contributed by atoms with van der Waals surface area (Å²) in [4.78, 5) is 5.25. The Labute approximate surface area is 197 Å². The molecule has 0 fully saturated rings. The number of hydrogen-bond acceptors (Lipinski definition) is 2. The van der Waals surface area contributed by atoms with Crippen LogP contribution in [0.25, 0.3) is 0 Å². The van der Waals surface area contributed by atoms with Crippen molar-refractivity contribution in [2.45, 2.75) is 162 Å². The first-order chi connectivity index (χ1) is 15.3. The fourth-order valence-corrected chi connectivity index (χ4v) is 4.98. The van der Waals surface area contributed by atoms with Crippen molar-refractivity contribution in [1.29, 1.82) is 0 Å². The third kappa shape index (κ3) is 14.9. The predicted molar refractivity (Wildman–Crippen MR) is 140 cm³/mol. The standard InChI is InChI=1S/C29H58N2/c1-4-7-9-11-12-13-14-15-16-17-18-19-20-21-23-26-31-28-27-30(29(31)24-6-3)25-22-10-8-5-2/h27-29H,4-26H2,1-3H3. The van der Waals surface area contributed by atoms with Gasteiger partial charge in [-0.15, -0.1) is 0 Å². The summed E-state index contributed by atoms with van der Waals surface area (Å²) in [7, 11) is 0. The van der Waals surface area contributed by atoms with E-state index in [0.29, 0.717) is 6.17 Å². The van der Waals surface area contributed by atoms with E-state index in [0.717, 1.165) is 0 Å². The molecule has 0 saturated heterocycles. The molecule has 1 rings (SSSR count). The molecule has 2 heteroatoms. The number of rotatable bonds is 23. The number of nitrogens with zero attached hydrogens (tertiary/aromatic N) is 2. The van der Waals surface area contributed by atoms with E-state index in [1.165, 1.54) is 148 Å². The Kier molecular flexibility index (Phi) is 19.4.